The minimum absolute atomic E-state index is 0.342. The monoisotopic (exact) mass is 294 g/mol. The number of hydrogen-bond acceptors (Lipinski definition) is 5. The van der Waals surface area contributed by atoms with Crippen molar-refractivity contribution in [2.75, 3.05) is 14.2 Å². The molecule has 0 bridgehead atoms. The number of rotatable bonds is 6. The summed E-state index contributed by atoms with van der Waals surface area (Å²) in [6.07, 6.45) is 1.84. The van der Waals surface area contributed by atoms with Crippen LogP contribution in [0.3, 0.4) is 0 Å². The summed E-state index contributed by atoms with van der Waals surface area (Å²) in [5, 5.41) is 5.26. The van der Waals surface area contributed by atoms with Crippen LogP contribution in [0.5, 0.6) is 5.75 Å². The lowest BCUT2D eigenvalue weighted by Gasteiger charge is -2.14. The van der Waals surface area contributed by atoms with Crippen molar-refractivity contribution in [2.24, 2.45) is 0 Å². The molecular formula is C14H18N2OS2. The second-order valence-corrected chi connectivity index (χ2v) is 6.29. The third-order valence-electron chi connectivity index (χ3n) is 3.00. The number of thiazole rings is 1. The number of ether oxygens (including phenoxy) is 1. The van der Waals surface area contributed by atoms with E-state index in [2.05, 4.69) is 29.4 Å². The molecule has 102 valence electrons. The molecule has 2 rings (SSSR count). The zero-order valence-corrected chi connectivity index (χ0v) is 13.0. The summed E-state index contributed by atoms with van der Waals surface area (Å²) < 4.78 is 6.52. The Labute approximate surface area is 122 Å². The minimum Gasteiger partial charge on any atom is -0.496 e. The fourth-order valence-electron chi connectivity index (χ4n) is 1.77. The molecule has 1 N–H and O–H groups in total. The van der Waals surface area contributed by atoms with Crippen molar-refractivity contribution in [2.45, 2.75) is 23.1 Å². The Morgan fingerprint density at radius 2 is 2.32 bits per heavy atom. The molecule has 0 radical (unpaired) electrons. The minimum atomic E-state index is 0.342. The highest BCUT2D eigenvalue weighted by atomic mass is 32.2. The molecule has 0 aliphatic carbocycles. The van der Waals surface area contributed by atoms with E-state index < -0.39 is 0 Å². The maximum Gasteiger partial charge on any atom is 0.150 e. The van der Waals surface area contributed by atoms with Crippen LogP contribution in [0.25, 0.3) is 0 Å². The summed E-state index contributed by atoms with van der Waals surface area (Å²) in [5.41, 5.74) is 2.49. The van der Waals surface area contributed by atoms with E-state index in [1.54, 1.807) is 30.2 Å². The number of nitrogens with zero attached hydrogens (tertiary/aromatic N) is 1. The highest BCUT2D eigenvalue weighted by molar-refractivity contribution is 8.00. The summed E-state index contributed by atoms with van der Waals surface area (Å²) in [5.74, 6) is 1.82. The first-order valence-corrected chi connectivity index (χ1v) is 7.97. The molecule has 1 aromatic carbocycles. The SMILES string of the molecule is CNC(C)c1ccc(OC)c(CSc2nccs2)c1. The topological polar surface area (TPSA) is 34.1 Å². The average molecular weight is 294 g/mol. The van der Waals surface area contributed by atoms with Gasteiger partial charge in [0.05, 0.1) is 7.11 Å². The lowest BCUT2D eigenvalue weighted by molar-refractivity contribution is 0.411. The maximum absolute atomic E-state index is 5.43. The van der Waals surface area contributed by atoms with Crippen LogP contribution in [0.1, 0.15) is 24.1 Å². The van der Waals surface area contributed by atoms with E-state index in [1.807, 2.05) is 24.7 Å². The van der Waals surface area contributed by atoms with E-state index >= 15 is 0 Å². The molecule has 2 aromatic rings. The van der Waals surface area contributed by atoms with Crippen LogP contribution in [-0.4, -0.2) is 19.1 Å². The van der Waals surface area contributed by atoms with Gasteiger partial charge in [-0.2, -0.15) is 0 Å². The summed E-state index contributed by atoms with van der Waals surface area (Å²) in [4.78, 5) is 4.29. The van der Waals surface area contributed by atoms with Crippen molar-refractivity contribution in [3.8, 4) is 5.75 Å². The summed E-state index contributed by atoms with van der Waals surface area (Å²) >= 11 is 3.41. The van der Waals surface area contributed by atoms with E-state index in [0.29, 0.717) is 6.04 Å². The van der Waals surface area contributed by atoms with Gasteiger partial charge in [0, 0.05) is 28.9 Å². The van der Waals surface area contributed by atoms with E-state index in [0.717, 1.165) is 15.8 Å². The number of methoxy groups -OCH3 is 1. The van der Waals surface area contributed by atoms with Crippen molar-refractivity contribution >= 4 is 23.1 Å². The number of benzene rings is 1. The van der Waals surface area contributed by atoms with Gasteiger partial charge in [0.25, 0.3) is 0 Å². The lowest BCUT2D eigenvalue weighted by atomic mass is 10.1. The highest BCUT2D eigenvalue weighted by Crippen LogP contribution is 2.30. The maximum atomic E-state index is 5.43. The molecule has 0 spiro atoms. The fourth-order valence-corrected chi connectivity index (χ4v) is 3.38. The zero-order chi connectivity index (χ0) is 13.7. The van der Waals surface area contributed by atoms with Crippen molar-refractivity contribution < 1.29 is 4.74 Å². The van der Waals surface area contributed by atoms with Crippen molar-refractivity contribution in [3.63, 3.8) is 0 Å². The first kappa shape index (κ1) is 14.4. The highest BCUT2D eigenvalue weighted by Gasteiger charge is 2.09. The van der Waals surface area contributed by atoms with Crippen LogP contribution in [0.2, 0.25) is 0 Å². The number of aromatic nitrogens is 1. The predicted octanol–water partition coefficient (Wildman–Crippen LogP) is 3.72. The third-order valence-corrected chi connectivity index (χ3v) is 5.01. The molecule has 1 atom stereocenters. The van der Waals surface area contributed by atoms with Gasteiger partial charge < -0.3 is 10.1 Å². The Balaban J connectivity index is 2.16. The number of nitrogens with one attached hydrogen (secondary N) is 1. The Kier molecular flexibility index (Phi) is 5.24. The molecular weight excluding hydrogens is 276 g/mol. The quantitative estimate of drug-likeness (QED) is 0.823. The van der Waals surface area contributed by atoms with Gasteiger partial charge >= 0.3 is 0 Å². The van der Waals surface area contributed by atoms with E-state index in [9.17, 15) is 0 Å². The lowest BCUT2D eigenvalue weighted by Crippen LogP contribution is -2.12. The van der Waals surface area contributed by atoms with Gasteiger partial charge in [-0.3, -0.25) is 0 Å². The van der Waals surface area contributed by atoms with Gasteiger partial charge in [0.2, 0.25) is 0 Å². The molecule has 3 nitrogen and oxygen atoms in total. The van der Waals surface area contributed by atoms with E-state index in [-0.39, 0.29) is 0 Å². The van der Waals surface area contributed by atoms with Crippen molar-refractivity contribution in [1.82, 2.24) is 10.3 Å². The predicted molar refractivity (Wildman–Crippen MR) is 82.1 cm³/mol. The molecule has 0 fully saturated rings. The molecule has 0 saturated carbocycles. The Hall–Kier alpha value is -1.04. The largest absolute Gasteiger partial charge is 0.496 e. The molecule has 19 heavy (non-hydrogen) atoms. The molecule has 1 unspecified atom stereocenters. The van der Waals surface area contributed by atoms with Crippen LogP contribution in [0.4, 0.5) is 0 Å². The summed E-state index contributed by atoms with van der Waals surface area (Å²) in [6, 6.07) is 6.70. The molecule has 0 aliphatic heterocycles. The molecule has 0 aliphatic rings. The number of hydrogen-bond donors (Lipinski definition) is 1. The molecule has 0 saturated heterocycles. The Morgan fingerprint density at radius 3 is 2.95 bits per heavy atom. The molecule has 1 heterocycles. The molecule has 5 heteroatoms. The first-order chi connectivity index (χ1) is 9.24. The normalized spacial score (nSPS) is 12.4. The van der Waals surface area contributed by atoms with E-state index in [1.165, 1.54) is 11.1 Å². The van der Waals surface area contributed by atoms with Crippen LogP contribution < -0.4 is 10.1 Å². The van der Waals surface area contributed by atoms with Gasteiger partial charge in [0.15, 0.2) is 0 Å². The number of thioether (sulfide) groups is 1. The Morgan fingerprint density at radius 1 is 1.47 bits per heavy atom. The standard InChI is InChI=1S/C14H18N2OS2/c1-10(15-2)11-4-5-13(17-3)12(8-11)9-19-14-16-6-7-18-14/h4-8,10,15H,9H2,1-3H3. The summed E-state index contributed by atoms with van der Waals surface area (Å²) in [7, 11) is 3.69. The van der Waals surface area contributed by atoms with Crippen LogP contribution >= 0.6 is 23.1 Å². The molecule has 1 aromatic heterocycles. The third kappa shape index (κ3) is 3.72. The molecule has 0 amide bonds. The Bertz CT molecular complexity index is 514. The smallest absolute Gasteiger partial charge is 0.150 e. The summed E-state index contributed by atoms with van der Waals surface area (Å²) in [6.45, 7) is 2.15. The average Bonchev–Trinajstić information content (AvgIpc) is 2.97. The fraction of sp³-hybridized carbons (Fsp3) is 0.357. The first-order valence-electron chi connectivity index (χ1n) is 6.11. The van der Waals surface area contributed by atoms with Gasteiger partial charge in [-0.1, -0.05) is 17.8 Å². The van der Waals surface area contributed by atoms with Gasteiger partial charge in [0.1, 0.15) is 10.1 Å². The van der Waals surface area contributed by atoms with Crippen LogP contribution in [0.15, 0.2) is 34.1 Å². The van der Waals surface area contributed by atoms with Crippen molar-refractivity contribution in [1.29, 1.82) is 0 Å². The van der Waals surface area contributed by atoms with Crippen molar-refractivity contribution in [3.05, 3.63) is 40.9 Å². The second-order valence-electron chi connectivity index (χ2n) is 4.17. The van der Waals surface area contributed by atoms with Gasteiger partial charge in [-0.25, -0.2) is 4.98 Å². The van der Waals surface area contributed by atoms with Gasteiger partial charge in [-0.15, -0.1) is 11.3 Å². The van der Waals surface area contributed by atoms with Crippen LogP contribution in [-0.2, 0) is 5.75 Å². The zero-order valence-electron chi connectivity index (χ0n) is 11.3. The van der Waals surface area contributed by atoms with E-state index in [4.69, 9.17) is 4.74 Å². The van der Waals surface area contributed by atoms with Crippen LogP contribution in [0, 0.1) is 0 Å². The van der Waals surface area contributed by atoms with Gasteiger partial charge in [-0.05, 0) is 31.7 Å². The second kappa shape index (κ2) is 6.93.